The highest BCUT2D eigenvalue weighted by atomic mass is 16.3. The summed E-state index contributed by atoms with van der Waals surface area (Å²) in [6, 6.07) is 72.4. The normalized spacial score (nSPS) is 11.7. The van der Waals surface area contributed by atoms with Gasteiger partial charge in [-0.3, -0.25) is 0 Å². The molecule has 5 heteroatoms. The summed E-state index contributed by atoms with van der Waals surface area (Å²) in [6.45, 7) is 0. The number of fused-ring (bicyclic) bond motifs is 7. The molecule has 0 atom stereocenters. The fraction of sp³-hybridized carbons (Fsp3) is 0. The standard InChI is InChI=1S/C55H34N4O/c1-4-15-36(16-5-1)53-56-54(37-17-6-2-7-18-37)58-55(57-53)44-24-13-25-51-52(44)47-33-39(28-31-50(47)60-51)38-26-29-48-45(32-38)46-34-40(43-23-12-19-35-14-10-11-22-42(35)43)27-30-49(46)59(48)41-20-8-3-9-21-41/h1-34H. The van der Waals surface area contributed by atoms with Gasteiger partial charge in [0, 0.05) is 43.9 Å². The molecule has 9 aromatic carbocycles. The average molecular weight is 767 g/mol. The van der Waals surface area contributed by atoms with Crippen molar-refractivity contribution in [3.8, 4) is 62.1 Å². The first-order valence-electron chi connectivity index (χ1n) is 20.2. The topological polar surface area (TPSA) is 56.7 Å². The zero-order valence-corrected chi connectivity index (χ0v) is 32.3. The van der Waals surface area contributed by atoms with Gasteiger partial charge in [0.1, 0.15) is 11.2 Å². The van der Waals surface area contributed by atoms with Crippen LogP contribution in [0.25, 0.3) is 117 Å². The minimum absolute atomic E-state index is 0.596. The van der Waals surface area contributed by atoms with Crippen LogP contribution < -0.4 is 0 Å². The van der Waals surface area contributed by atoms with Crippen LogP contribution in [0.15, 0.2) is 211 Å². The van der Waals surface area contributed by atoms with E-state index in [1.54, 1.807) is 0 Å². The van der Waals surface area contributed by atoms with E-state index in [1.807, 2.05) is 72.8 Å². The van der Waals surface area contributed by atoms with Crippen LogP contribution in [0.1, 0.15) is 0 Å². The molecule has 0 radical (unpaired) electrons. The maximum Gasteiger partial charge on any atom is 0.164 e. The first-order valence-corrected chi connectivity index (χ1v) is 20.2. The Morgan fingerprint density at radius 1 is 0.333 bits per heavy atom. The first-order chi connectivity index (χ1) is 29.7. The summed E-state index contributed by atoms with van der Waals surface area (Å²) < 4.78 is 8.90. The molecule has 12 aromatic rings. The molecule has 0 saturated heterocycles. The minimum atomic E-state index is 0.596. The molecule has 0 N–H and O–H groups in total. The third-order valence-electron chi connectivity index (χ3n) is 11.6. The molecule has 60 heavy (non-hydrogen) atoms. The highest BCUT2D eigenvalue weighted by Crippen LogP contribution is 2.41. The molecule has 3 heterocycles. The maximum absolute atomic E-state index is 6.53. The first kappa shape index (κ1) is 33.9. The Hall–Kier alpha value is -8.15. The summed E-state index contributed by atoms with van der Waals surface area (Å²) in [5.41, 5.74) is 12.4. The predicted molar refractivity (Wildman–Crippen MR) is 246 cm³/mol. The Morgan fingerprint density at radius 3 is 1.58 bits per heavy atom. The van der Waals surface area contributed by atoms with Gasteiger partial charge in [-0.1, -0.05) is 152 Å². The van der Waals surface area contributed by atoms with Gasteiger partial charge in [-0.05, 0) is 87.6 Å². The molecule has 0 spiro atoms. The van der Waals surface area contributed by atoms with Gasteiger partial charge in [-0.15, -0.1) is 0 Å². The number of hydrogen-bond donors (Lipinski definition) is 0. The Labute approximate surface area is 345 Å². The number of aromatic nitrogens is 4. The molecule has 12 rings (SSSR count). The van der Waals surface area contributed by atoms with Gasteiger partial charge in [0.25, 0.3) is 0 Å². The van der Waals surface area contributed by atoms with E-state index in [0.29, 0.717) is 17.5 Å². The summed E-state index contributed by atoms with van der Waals surface area (Å²) in [5, 5.41) is 6.86. The Morgan fingerprint density at radius 2 is 0.867 bits per heavy atom. The lowest BCUT2D eigenvalue weighted by Crippen LogP contribution is -2.00. The van der Waals surface area contributed by atoms with Gasteiger partial charge in [0.15, 0.2) is 17.5 Å². The van der Waals surface area contributed by atoms with Crippen molar-refractivity contribution in [3.63, 3.8) is 0 Å². The SMILES string of the molecule is c1ccc(-c2nc(-c3ccccc3)nc(-c3cccc4oc5ccc(-c6ccc7c(c6)c6cc(-c8cccc9ccccc89)ccc6n7-c6ccccc6)cc5c34)n2)cc1. The van der Waals surface area contributed by atoms with Crippen molar-refractivity contribution in [2.45, 2.75) is 0 Å². The second-order valence-electron chi connectivity index (χ2n) is 15.2. The fourth-order valence-corrected chi connectivity index (χ4v) is 8.82. The number of para-hydroxylation sites is 1. The zero-order valence-electron chi connectivity index (χ0n) is 32.3. The van der Waals surface area contributed by atoms with E-state index >= 15 is 0 Å². The predicted octanol–water partition coefficient (Wildman–Crippen LogP) is 14.4. The number of rotatable bonds is 6. The quantitative estimate of drug-likeness (QED) is 0.169. The molecule has 5 nitrogen and oxygen atoms in total. The van der Waals surface area contributed by atoms with Gasteiger partial charge >= 0.3 is 0 Å². The Kier molecular flexibility index (Phi) is 7.78. The molecular weight excluding hydrogens is 733 g/mol. The summed E-state index contributed by atoms with van der Waals surface area (Å²) >= 11 is 0. The van der Waals surface area contributed by atoms with E-state index in [9.17, 15) is 0 Å². The van der Waals surface area contributed by atoms with Crippen molar-refractivity contribution >= 4 is 54.5 Å². The molecule has 0 bridgehead atoms. The van der Waals surface area contributed by atoms with E-state index in [1.165, 1.54) is 38.2 Å². The van der Waals surface area contributed by atoms with Crippen molar-refractivity contribution in [2.24, 2.45) is 0 Å². The summed E-state index contributed by atoms with van der Waals surface area (Å²) in [5.74, 6) is 1.84. The minimum Gasteiger partial charge on any atom is -0.456 e. The lowest BCUT2D eigenvalue weighted by molar-refractivity contribution is 0.669. The lowest BCUT2D eigenvalue weighted by Gasteiger charge is -2.10. The summed E-state index contributed by atoms with van der Waals surface area (Å²) in [4.78, 5) is 15.1. The second-order valence-corrected chi connectivity index (χ2v) is 15.2. The molecule has 0 unspecified atom stereocenters. The molecule has 3 aromatic heterocycles. The van der Waals surface area contributed by atoms with Crippen LogP contribution in [-0.2, 0) is 0 Å². The van der Waals surface area contributed by atoms with E-state index in [4.69, 9.17) is 19.4 Å². The fourth-order valence-electron chi connectivity index (χ4n) is 8.82. The molecule has 0 aliphatic rings. The average Bonchev–Trinajstić information content (AvgIpc) is 3.87. The number of hydrogen-bond acceptors (Lipinski definition) is 4. The van der Waals surface area contributed by atoms with Gasteiger partial charge in [0.05, 0.1) is 11.0 Å². The van der Waals surface area contributed by atoms with Gasteiger partial charge < -0.3 is 8.98 Å². The van der Waals surface area contributed by atoms with E-state index in [0.717, 1.165) is 61.0 Å². The van der Waals surface area contributed by atoms with Crippen LogP contribution in [0.2, 0.25) is 0 Å². The highest BCUT2D eigenvalue weighted by molar-refractivity contribution is 6.15. The number of nitrogens with zero attached hydrogens (tertiary/aromatic N) is 4. The smallest absolute Gasteiger partial charge is 0.164 e. The molecule has 280 valence electrons. The molecule has 0 fully saturated rings. The second kappa shape index (κ2) is 13.8. The summed E-state index contributed by atoms with van der Waals surface area (Å²) in [7, 11) is 0. The number of benzene rings is 9. The van der Waals surface area contributed by atoms with Gasteiger partial charge in [-0.2, -0.15) is 0 Å². The van der Waals surface area contributed by atoms with Crippen molar-refractivity contribution in [1.82, 2.24) is 19.5 Å². The Balaban J connectivity index is 1.05. The van der Waals surface area contributed by atoms with E-state index in [2.05, 4.69) is 138 Å². The van der Waals surface area contributed by atoms with Crippen molar-refractivity contribution in [2.75, 3.05) is 0 Å². The van der Waals surface area contributed by atoms with Crippen LogP contribution in [0.3, 0.4) is 0 Å². The van der Waals surface area contributed by atoms with Crippen LogP contribution in [-0.4, -0.2) is 19.5 Å². The third-order valence-corrected chi connectivity index (χ3v) is 11.6. The molecular formula is C55H34N4O. The van der Waals surface area contributed by atoms with Gasteiger partial charge in [0.2, 0.25) is 0 Å². The van der Waals surface area contributed by atoms with Crippen LogP contribution >= 0.6 is 0 Å². The number of furan rings is 1. The van der Waals surface area contributed by atoms with Crippen LogP contribution in [0.5, 0.6) is 0 Å². The maximum atomic E-state index is 6.53. The largest absolute Gasteiger partial charge is 0.456 e. The molecule has 0 aliphatic heterocycles. The van der Waals surface area contributed by atoms with E-state index in [-0.39, 0.29) is 0 Å². The van der Waals surface area contributed by atoms with Crippen LogP contribution in [0.4, 0.5) is 0 Å². The van der Waals surface area contributed by atoms with Gasteiger partial charge in [-0.25, -0.2) is 15.0 Å². The third kappa shape index (κ3) is 5.59. The van der Waals surface area contributed by atoms with Crippen molar-refractivity contribution in [3.05, 3.63) is 206 Å². The van der Waals surface area contributed by atoms with Crippen LogP contribution in [0, 0.1) is 0 Å². The summed E-state index contributed by atoms with van der Waals surface area (Å²) in [6.07, 6.45) is 0. The van der Waals surface area contributed by atoms with Crippen molar-refractivity contribution in [1.29, 1.82) is 0 Å². The monoisotopic (exact) mass is 766 g/mol. The van der Waals surface area contributed by atoms with E-state index < -0.39 is 0 Å². The molecule has 0 saturated carbocycles. The zero-order chi connectivity index (χ0) is 39.6. The molecule has 0 amide bonds. The molecule has 0 aliphatic carbocycles. The van der Waals surface area contributed by atoms with Crippen molar-refractivity contribution < 1.29 is 4.42 Å². The highest BCUT2D eigenvalue weighted by Gasteiger charge is 2.20. The lowest BCUT2D eigenvalue weighted by atomic mass is 9.96. The Bertz CT molecular complexity index is 3530.